The first-order valence-electron chi connectivity index (χ1n) is 9.61. The molecule has 1 aliphatic rings. The maximum Gasteiger partial charge on any atom is 0.270 e. The zero-order valence-electron chi connectivity index (χ0n) is 16.2. The van der Waals surface area contributed by atoms with E-state index in [9.17, 15) is 20.2 Å². The van der Waals surface area contributed by atoms with Crippen LogP contribution in [0.1, 0.15) is 11.1 Å². The number of fused-ring (bicyclic) bond motifs is 1. The zero-order valence-corrected chi connectivity index (χ0v) is 16.2. The number of rotatable bonds is 4. The van der Waals surface area contributed by atoms with Crippen LogP contribution in [-0.4, -0.2) is 46.9 Å². The lowest BCUT2D eigenvalue weighted by atomic mass is 10.1. The van der Waals surface area contributed by atoms with E-state index in [0.29, 0.717) is 54.9 Å². The van der Waals surface area contributed by atoms with Gasteiger partial charge in [-0.05, 0) is 17.7 Å². The minimum Gasteiger partial charge on any atom is -0.353 e. The summed E-state index contributed by atoms with van der Waals surface area (Å²) in [5.74, 6) is 0.736. The van der Waals surface area contributed by atoms with E-state index in [1.165, 1.54) is 12.1 Å². The van der Waals surface area contributed by atoms with Crippen molar-refractivity contribution < 1.29 is 9.72 Å². The molecule has 1 aliphatic heterocycles. The van der Waals surface area contributed by atoms with E-state index in [2.05, 4.69) is 11.1 Å². The van der Waals surface area contributed by atoms with Gasteiger partial charge in [0.1, 0.15) is 5.82 Å². The summed E-state index contributed by atoms with van der Waals surface area (Å²) in [6, 6.07) is 17.8. The first kappa shape index (κ1) is 19.3. The van der Waals surface area contributed by atoms with Crippen molar-refractivity contribution in [1.82, 2.24) is 9.88 Å². The van der Waals surface area contributed by atoms with Crippen LogP contribution >= 0.6 is 0 Å². The number of non-ortho nitro benzene ring substituents is 1. The third-order valence-electron chi connectivity index (χ3n) is 5.26. The maximum absolute atomic E-state index is 12.6. The molecule has 0 unspecified atom stereocenters. The van der Waals surface area contributed by atoms with Crippen LogP contribution in [-0.2, 0) is 11.2 Å². The number of hydrogen-bond donors (Lipinski definition) is 0. The molecule has 0 saturated carbocycles. The zero-order chi connectivity index (χ0) is 21.1. The Bertz CT molecular complexity index is 1150. The molecule has 1 fully saturated rings. The van der Waals surface area contributed by atoms with Gasteiger partial charge in [-0.2, -0.15) is 5.26 Å². The van der Waals surface area contributed by atoms with Gasteiger partial charge < -0.3 is 9.80 Å². The summed E-state index contributed by atoms with van der Waals surface area (Å²) in [5.41, 5.74) is 1.81. The van der Waals surface area contributed by atoms with E-state index in [1.54, 1.807) is 12.1 Å². The fourth-order valence-corrected chi connectivity index (χ4v) is 3.64. The summed E-state index contributed by atoms with van der Waals surface area (Å²) in [6.45, 7) is 2.37. The molecule has 0 atom stereocenters. The number of carbonyl (C=O) groups is 1. The fourth-order valence-electron chi connectivity index (χ4n) is 3.64. The average Bonchev–Trinajstić information content (AvgIpc) is 2.78. The third-order valence-corrected chi connectivity index (χ3v) is 5.26. The molecule has 4 rings (SSSR count). The first-order valence-corrected chi connectivity index (χ1v) is 9.61. The predicted octanol–water partition coefficient (Wildman–Crippen LogP) is 2.91. The minimum absolute atomic E-state index is 0.0703. The summed E-state index contributed by atoms with van der Waals surface area (Å²) in [6.07, 6.45) is 0.381. The number of carbonyl (C=O) groups excluding carboxylic acids is 1. The summed E-state index contributed by atoms with van der Waals surface area (Å²) in [4.78, 5) is 31.6. The van der Waals surface area contributed by atoms with E-state index in [1.807, 2.05) is 40.1 Å². The number of piperazine rings is 1. The molecule has 0 N–H and O–H groups in total. The van der Waals surface area contributed by atoms with E-state index >= 15 is 0 Å². The SMILES string of the molecule is N#Cc1cc(N2CCN(C(=O)Cc3ccccc3)CC2)nc2ccc([N+](=O)[O-])cc12. The number of nitro groups is 1. The molecule has 2 aromatic carbocycles. The first-order chi connectivity index (χ1) is 14.5. The quantitative estimate of drug-likeness (QED) is 0.492. The second kappa shape index (κ2) is 8.17. The largest absolute Gasteiger partial charge is 0.353 e. The van der Waals surface area contributed by atoms with Gasteiger partial charge in [0.15, 0.2) is 0 Å². The highest BCUT2D eigenvalue weighted by Crippen LogP contribution is 2.27. The number of hydrogen-bond acceptors (Lipinski definition) is 6. The van der Waals surface area contributed by atoms with Crippen LogP contribution in [0.25, 0.3) is 10.9 Å². The molecule has 1 amide bonds. The van der Waals surface area contributed by atoms with Crippen LogP contribution in [0.2, 0.25) is 0 Å². The molecule has 0 bridgehead atoms. The Kier molecular flexibility index (Phi) is 5.26. The molecular weight excluding hydrogens is 382 g/mol. The molecule has 1 aromatic heterocycles. The second-order valence-electron chi connectivity index (χ2n) is 7.13. The number of nitrogens with zero attached hydrogens (tertiary/aromatic N) is 5. The normalized spacial score (nSPS) is 13.8. The van der Waals surface area contributed by atoms with E-state index < -0.39 is 4.92 Å². The molecule has 8 heteroatoms. The number of amides is 1. The van der Waals surface area contributed by atoms with Crippen LogP contribution in [0, 0.1) is 21.4 Å². The number of nitriles is 1. The Labute approximate surface area is 173 Å². The van der Waals surface area contributed by atoms with Gasteiger partial charge >= 0.3 is 0 Å². The van der Waals surface area contributed by atoms with Crippen molar-refractivity contribution in [3.63, 3.8) is 0 Å². The van der Waals surface area contributed by atoms with Gasteiger partial charge in [-0.3, -0.25) is 14.9 Å². The van der Waals surface area contributed by atoms with Crippen molar-refractivity contribution >= 4 is 28.3 Å². The van der Waals surface area contributed by atoms with Crippen LogP contribution in [0.4, 0.5) is 11.5 Å². The molecule has 8 nitrogen and oxygen atoms in total. The highest BCUT2D eigenvalue weighted by molar-refractivity contribution is 5.88. The Morgan fingerprint density at radius 1 is 1.10 bits per heavy atom. The highest BCUT2D eigenvalue weighted by atomic mass is 16.6. The van der Waals surface area contributed by atoms with Crippen molar-refractivity contribution in [3.05, 3.63) is 75.8 Å². The predicted molar refractivity (Wildman–Crippen MR) is 112 cm³/mol. The van der Waals surface area contributed by atoms with Crippen LogP contribution in [0.15, 0.2) is 54.6 Å². The Hall–Kier alpha value is -3.99. The number of aromatic nitrogens is 1. The van der Waals surface area contributed by atoms with Crippen LogP contribution in [0.5, 0.6) is 0 Å². The summed E-state index contributed by atoms with van der Waals surface area (Å²) in [7, 11) is 0. The summed E-state index contributed by atoms with van der Waals surface area (Å²) in [5, 5.41) is 21.0. The van der Waals surface area contributed by atoms with Gasteiger partial charge in [0.25, 0.3) is 5.69 Å². The van der Waals surface area contributed by atoms with E-state index in [-0.39, 0.29) is 11.6 Å². The molecule has 3 aromatic rings. The van der Waals surface area contributed by atoms with Gasteiger partial charge in [-0.15, -0.1) is 0 Å². The lowest BCUT2D eigenvalue weighted by Crippen LogP contribution is -2.49. The number of pyridine rings is 1. The van der Waals surface area contributed by atoms with Crippen LogP contribution < -0.4 is 4.90 Å². The van der Waals surface area contributed by atoms with Crippen molar-refractivity contribution in [2.24, 2.45) is 0 Å². The van der Waals surface area contributed by atoms with Crippen molar-refractivity contribution in [2.45, 2.75) is 6.42 Å². The molecule has 2 heterocycles. The smallest absolute Gasteiger partial charge is 0.270 e. The standard InChI is InChI=1S/C22H19N5O3/c23-15-17-13-21(24-20-7-6-18(27(29)30)14-19(17)20)25-8-10-26(11-9-25)22(28)12-16-4-2-1-3-5-16/h1-7,13-14H,8-12H2. The van der Waals surface area contributed by atoms with Gasteiger partial charge in [0.05, 0.1) is 28.5 Å². The maximum atomic E-state index is 12.6. The van der Waals surface area contributed by atoms with Gasteiger partial charge in [-0.25, -0.2) is 4.98 Å². The molecule has 150 valence electrons. The van der Waals surface area contributed by atoms with Crippen molar-refractivity contribution in [2.75, 3.05) is 31.1 Å². The molecule has 0 radical (unpaired) electrons. The lowest BCUT2D eigenvalue weighted by molar-refractivity contribution is -0.384. The number of anilines is 1. The monoisotopic (exact) mass is 401 g/mol. The summed E-state index contributed by atoms with van der Waals surface area (Å²) < 4.78 is 0. The highest BCUT2D eigenvalue weighted by Gasteiger charge is 2.23. The van der Waals surface area contributed by atoms with Crippen molar-refractivity contribution in [1.29, 1.82) is 5.26 Å². The Balaban J connectivity index is 1.49. The Morgan fingerprint density at radius 2 is 1.83 bits per heavy atom. The third kappa shape index (κ3) is 3.91. The second-order valence-corrected chi connectivity index (χ2v) is 7.13. The molecule has 1 saturated heterocycles. The Morgan fingerprint density at radius 3 is 2.50 bits per heavy atom. The van der Waals surface area contributed by atoms with E-state index in [4.69, 9.17) is 0 Å². The fraction of sp³-hybridized carbons (Fsp3) is 0.227. The van der Waals surface area contributed by atoms with Crippen molar-refractivity contribution in [3.8, 4) is 6.07 Å². The molecule has 0 spiro atoms. The minimum atomic E-state index is -0.486. The number of nitro benzene ring substituents is 1. The lowest BCUT2D eigenvalue weighted by Gasteiger charge is -2.35. The van der Waals surface area contributed by atoms with Gasteiger partial charge in [-0.1, -0.05) is 30.3 Å². The molecule has 30 heavy (non-hydrogen) atoms. The van der Waals surface area contributed by atoms with Gasteiger partial charge in [0.2, 0.25) is 5.91 Å². The average molecular weight is 401 g/mol. The number of benzene rings is 2. The van der Waals surface area contributed by atoms with E-state index in [0.717, 1.165) is 5.56 Å². The molecular formula is C22H19N5O3. The van der Waals surface area contributed by atoms with Gasteiger partial charge in [0, 0.05) is 43.7 Å². The topological polar surface area (TPSA) is 103 Å². The molecule has 0 aliphatic carbocycles. The van der Waals surface area contributed by atoms with Crippen LogP contribution in [0.3, 0.4) is 0 Å². The summed E-state index contributed by atoms with van der Waals surface area (Å²) >= 11 is 0.